The topological polar surface area (TPSA) is 20.3 Å². The van der Waals surface area contributed by atoms with Gasteiger partial charge in [-0.25, -0.2) is 0 Å². The van der Waals surface area contributed by atoms with Gasteiger partial charge in [0.15, 0.2) is 6.29 Å². The molecule has 18 heavy (non-hydrogen) atoms. The summed E-state index contributed by atoms with van der Waals surface area (Å²) in [4.78, 5) is 13.1. The number of carbonyl (C=O) groups excluding carboxylic acids is 1. The van der Waals surface area contributed by atoms with Crippen LogP contribution in [0.4, 0.5) is 5.69 Å². The van der Waals surface area contributed by atoms with Gasteiger partial charge in [-0.1, -0.05) is 31.9 Å². The third-order valence-electron chi connectivity index (χ3n) is 3.32. The lowest BCUT2D eigenvalue weighted by molar-refractivity contribution is 0.112. The van der Waals surface area contributed by atoms with Crippen LogP contribution in [0.3, 0.4) is 0 Å². The Kier molecular flexibility index (Phi) is 6.20. The number of unbranched alkanes of at least 4 members (excludes halogenated alkanes) is 1. The Balaban J connectivity index is 2.97. The average Bonchev–Trinajstić information content (AvgIpc) is 2.39. The van der Waals surface area contributed by atoms with Crippen LogP contribution in [-0.2, 0) is 0 Å². The van der Waals surface area contributed by atoms with Crippen molar-refractivity contribution in [1.82, 2.24) is 0 Å². The summed E-state index contributed by atoms with van der Waals surface area (Å²) in [7, 11) is 0. The van der Waals surface area contributed by atoms with Gasteiger partial charge in [0.05, 0.1) is 5.02 Å². The van der Waals surface area contributed by atoms with E-state index >= 15 is 0 Å². The van der Waals surface area contributed by atoms with Crippen LogP contribution < -0.4 is 4.90 Å². The SMILES string of the molecule is CCCCN(c1ccc(C=O)c(Cl)c1)C(C)CC. The van der Waals surface area contributed by atoms with Crippen molar-refractivity contribution in [3.63, 3.8) is 0 Å². The normalized spacial score (nSPS) is 12.2. The second-order valence-electron chi connectivity index (χ2n) is 4.63. The standard InChI is InChI=1S/C15H22ClNO/c1-4-6-9-17(12(3)5-2)14-8-7-13(11-18)15(16)10-14/h7-8,10-12H,4-6,9H2,1-3H3. The third-order valence-corrected chi connectivity index (χ3v) is 3.65. The summed E-state index contributed by atoms with van der Waals surface area (Å²) in [6.07, 6.45) is 4.23. The fraction of sp³-hybridized carbons (Fsp3) is 0.533. The number of hydrogen-bond acceptors (Lipinski definition) is 2. The highest BCUT2D eigenvalue weighted by Gasteiger charge is 2.13. The molecule has 3 heteroatoms. The zero-order valence-electron chi connectivity index (χ0n) is 11.4. The second-order valence-corrected chi connectivity index (χ2v) is 5.04. The van der Waals surface area contributed by atoms with Crippen molar-refractivity contribution in [3.8, 4) is 0 Å². The van der Waals surface area contributed by atoms with Crippen LogP contribution >= 0.6 is 11.6 Å². The lowest BCUT2D eigenvalue weighted by Gasteiger charge is -2.31. The van der Waals surface area contributed by atoms with E-state index in [1.165, 1.54) is 6.42 Å². The molecule has 0 aliphatic carbocycles. The minimum Gasteiger partial charge on any atom is -0.369 e. The minimum absolute atomic E-state index is 0.481. The number of nitrogens with zero attached hydrogens (tertiary/aromatic N) is 1. The first kappa shape index (κ1) is 15.0. The summed E-state index contributed by atoms with van der Waals surface area (Å²) in [6.45, 7) is 7.63. The van der Waals surface area contributed by atoms with Crippen LogP contribution in [0.5, 0.6) is 0 Å². The lowest BCUT2D eigenvalue weighted by Crippen LogP contribution is -2.33. The van der Waals surface area contributed by atoms with Crippen LogP contribution in [0.25, 0.3) is 0 Å². The maximum Gasteiger partial charge on any atom is 0.151 e. The Bertz CT molecular complexity index is 392. The van der Waals surface area contributed by atoms with Crippen LogP contribution in [0.15, 0.2) is 18.2 Å². The van der Waals surface area contributed by atoms with E-state index in [9.17, 15) is 4.79 Å². The monoisotopic (exact) mass is 267 g/mol. The van der Waals surface area contributed by atoms with E-state index < -0.39 is 0 Å². The third kappa shape index (κ3) is 3.74. The Hall–Kier alpha value is -1.02. The molecule has 0 aliphatic rings. The number of halogens is 1. The fourth-order valence-corrected chi connectivity index (χ4v) is 2.16. The van der Waals surface area contributed by atoms with E-state index in [-0.39, 0.29) is 0 Å². The molecule has 0 N–H and O–H groups in total. The first-order valence-corrected chi connectivity index (χ1v) is 7.03. The van der Waals surface area contributed by atoms with E-state index in [0.717, 1.165) is 31.4 Å². The maximum absolute atomic E-state index is 10.8. The number of hydrogen-bond donors (Lipinski definition) is 0. The van der Waals surface area contributed by atoms with E-state index in [0.29, 0.717) is 16.6 Å². The number of anilines is 1. The van der Waals surface area contributed by atoms with Crippen LogP contribution in [-0.4, -0.2) is 18.9 Å². The van der Waals surface area contributed by atoms with Gasteiger partial charge in [-0.3, -0.25) is 4.79 Å². The summed E-state index contributed by atoms with van der Waals surface area (Å²) < 4.78 is 0. The van der Waals surface area contributed by atoms with Crippen molar-refractivity contribution in [2.24, 2.45) is 0 Å². The smallest absolute Gasteiger partial charge is 0.151 e. The average molecular weight is 268 g/mol. The number of benzene rings is 1. The maximum atomic E-state index is 10.8. The van der Waals surface area contributed by atoms with Gasteiger partial charge in [0.25, 0.3) is 0 Å². The first-order chi connectivity index (χ1) is 8.63. The van der Waals surface area contributed by atoms with Crippen LogP contribution in [0.2, 0.25) is 5.02 Å². The van der Waals surface area contributed by atoms with Gasteiger partial charge in [-0.05, 0) is 38.0 Å². The molecule has 0 heterocycles. The van der Waals surface area contributed by atoms with Gasteiger partial charge in [-0.2, -0.15) is 0 Å². The first-order valence-electron chi connectivity index (χ1n) is 6.65. The Morgan fingerprint density at radius 3 is 2.61 bits per heavy atom. The highest BCUT2D eigenvalue weighted by Crippen LogP contribution is 2.25. The molecular weight excluding hydrogens is 246 g/mol. The fourth-order valence-electron chi connectivity index (χ4n) is 1.94. The molecule has 1 rings (SSSR count). The predicted molar refractivity (Wildman–Crippen MR) is 78.8 cm³/mol. The van der Waals surface area contributed by atoms with Crippen molar-refractivity contribution >= 4 is 23.6 Å². The molecule has 0 amide bonds. The molecule has 1 aromatic rings. The zero-order valence-corrected chi connectivity index (χ0v) is 12.2. The summed E-state index contributed by atoms with van der Waals surface area (Å²) in [5.74, 6) is 0. The van der Waals surface area contributed by atoms with E-state index in [4.69, 9.17) is 11.6 Å². The van der Waals surface area contributed by atoms with Gasteiger partial charge in [0.2, 0.25) is 0 Å². The summed E-state index contributed by atoms with van der Waals surface area (Å²) >= 11 is 6.10. The molecular formula is C15H22ClNO. The van der Waals surface area contributed by atoms with E-state index in [1.807, 2.05) is 12.1 Å². The largest absolute Gasteiger partial charge is 0.369 e. The Labute approximate surface area is 115 Å². The molecule has 0 aromatic heterocycles. The van der Waals surface area contributed by atoms with Crippen LogP contribution in [0.1, 0.15) is 50.4 Å². The molecule has 1 atom stereocenters. The molecule has 100 valence electrons. The zero-order chi connectivity index (χ0) is 13.5. The molecule has 2 nitrogen and oxygen atoms in total. The van der Waals surface area contributed by atoms with Gasteiger partial charge in [0.1, 0.15) is 0 Å². The predicted octanol–water partition coefficient (Wildman–Crippen LogP) is 4.56. The van der Waals surface area contributed by atoms with E-state index in [2.05, 4.69) is 25.7 Å². The number of rotatable bonds is 7. The van der Waals surface area contributed by atoms with Crippen LogP contribution in [0, 0.1) is 0 Å². The second kappa shape index (κ2) is 7.42. The van der Waals surface area contributed by atoms with Crippen molar-refractivity contribution in [1.29, 1.82) is 0 Å². The summed E-state index contributed by atoms with van der Waals surface area (Å²) in [6, 6.07) is 6.16. The minimum atomic E-state index is 0.481. The summed E-state index contributed by atoms with van der Waals surface area (Å²) in [5, 5.41) is 0.535. The Morgan fingerprint density at radius 1 is 1.39 bits per heavy atom. The molecule has 1 aromatic carbocycles. The Morgan fingerprint density at radius 2 is 2.11 bits per heavy atom. The lowest BCUT2D eigenvalue weighted by atomic mass is 10.1. The van der Waals surface area contributed by atoms with Crippen molar-refractivity contribution < 1.29 is 4.79 Å². The molecule has 1 unspecified atom stereocenters. The number of aldehydes is 1. The van der Waals surface area contributed by atoms with Gasteiger partial charge in [0, 0.05) is 23.8 Å². The van der Waals surface area contributed by atoms with Crippen molar-refractivity contribution in [2.45, 2.75) is 46.1 Å². The summed E-state index contributed by atoms with van der Waals surface area (Å²) in [5.41, 5.74) is 1.66. The molecule has 0 bridgehead atoms. The molecule has 0 spiro atoms. The molecule has 0 saturated carbocycles. The van der Waals surface area contributed by atoms with Gasteiger partial charge < -0.3 is 4.90 Å². The van der Waals surface area contributed by atoms with Gasteiger partial charge in [-0.15, -0.1) is 0 Å². The number of carbonyl (C=O) groups is 1. The van der Waals surface area contributed by atoms with Crippen molar-refractivity contribution in [3.05, 3.63) is 28.8 Å². The van der Waals surface area contributed by atoms with Gasteiger partial charge >= 0.3 is 0 Å². The van der Waals surface area contributed by atoms with Crippen molar-refractivity contribution in [2.75, 3.05) is 11.4 Å². The highest BCUT2D eigenvalue weighted by atomic mass is 35.5. The molecule has 0 radical (unpaired) electrons. The molecule has 0 fully saturated rings. The molecule has 0 saturated heterocycles. The molecule has 0 aliphatic heterocycles. The van der Waals surface area contributed by atoms with E-state index in [1.54, 1.807) is 6.07 Å². The highest BCUT2D eigenvalue weighted by molar-refractivity contribution is 6.33. The quantitative estimate of drug-likeness (QED) is 0.675.